The number of anilines is 1. The van der Waals surface area contributed by atoms with Crippen LogP contribution in [0.4, 0.5) is 5.69 Å². The maximum Gasteiger partial charge on any atom is 0.355 e. The Morgan fingerprint density at radius 2 is 2.33 bits per heavy atom. The van der Waals surface area contributed by atoms with Gasteiger partial charge < -0.3 is 19.9 Å². The molecule has 1 aliphatic rings. The molecule has 0 saturated carbocycles. The summed E-state index contributed by atoms with van der Waals surface area (Å²) < 4.78 is 6.94. The van der Waals surface area contributed by atoms with Crippen LogP contribution in [-0.2, 0) is 16.1 Å². The zero-order valence-corrected chi connectivity index (χ0v) is 10.5. The van der Waals surface area contributed by atoms with Crippen molar-refractivity contribution in [2.24, 2.45) is 0 Å². The number of esters is 1. The number of amides is 1. The van der Waals surface area contributed by atoms with Gasteiger partial charge in [0.15, 0.2) is 6.10 Å². The van der Waals surface area contributed by atoms with Crippen molar-refractivity contribution in [1.82, 2.24) is 9.47 Å². The fourth-order valence-corrected chi connectivity index (χ4v) is 2.05. The van der Waals surface area contributed by atoms with E-state index < -0.39 is 12.1 Å². The summed E-state index contributed by atoms with van der Waals surface area (Å²) >= 11 is 0. The Labute approximate surface area is 105 Å². The molecule has 2 rings (SSSR count). The van der Waals surface area contributed by atoms with Crippen molar-refractivity contribution in [3.05, 3.63) is 18.0 Å². The summed E-state index contributed by atoms with van der Waals surface area (Å²) in [6, 6.07) is 1.56. The van der Waals surface area contributed by atoms with E-state index in [1.54, 1.807) is 28.8 Å². The van der Waals surface area contributed by atoms with Crippen molar-refractivity contribution in [3.8, 4) is 0 Å². The largest absolute Gasteiger partial charge is 0.448 e. The van der Waals surface area contributed by atoms with Crippen molar-refractivity contribution in [1.29, 1.82) is 0 Å². The molecule has 6 nitrogen and oxygen atoms in total. The second-order valence-electron chi connectivity index (χ2n) is 4.39. The molecular formula is C12H17N3O3. The average molecular weight is 251 g/mol. The minimum Gasteiger partial charge on any atom is -0.448 e. The topological polar surface area (TPSA) is 77.6 Å². The molecule has 0 aliphatic carbocycles. The van der Waals surface area contributed by atoms with Crippen LogP contribution in [0.15, 0.2) is 12.3 Å². The molecule has 0 aromatic carbocycles. The number of aromatic nitrogens is 1. The number of nitrogen functional groups attached to an aromatic ring is 1. The summed E-state index contributed by atoms with van der Waals surface area (Å²) in [6.07, 6.45) is 1.56. The van der Waals surface area contributed by atoms with Crippen LogP contribution in [0.2, 0.25) is 0 Å². The lowest BCUT2D eigenvalue weighted by Crippen LogP contribution is -2.29. The molecule has 1 amide bonds. The van der Waals surface area contributed by atoms with E-state index in [1.165, 1.54) is 0 Å². The highest BCUT2D eigenvalue weighted by atomic mass is 16.5. The summed E-state index contributed by atoms with van der Waals surface area (Å²) in [5.41, 5.74) is 6.55. The summed E-state index contributed by atoms with van der Waals surface area (Å²) in [5, 5.41) is 0. The SMILES string of the molecule is CCn1cc(N)cc1C(=O)OC1CCN(C)C1=O. The molecule has 6 heteroatoms. The van der Waals surface area contributed by atoms with Crippen LogP contribution in [-0.4, -0.2) is 41.0 Å². The van der Waals surface area contributed by atoms with Crippen LogP contribution in [0.3, 0.4) is 0 Å². The number of rotatable bonds is 3. The number of carbonyl (C=O) groups excluding carboxylic acids is 2. The molecule has 1 fully saturated rings. The first-order chi connectivity index (χ1) is 8.52. The standard InChI is InChI=1S/C12H17N3O3/c1-3-15-7-8(13)6-9(15)12(17)18-10-4-5-14(2)11(10)16/h6-7,10H,3-5,13H2,1-2H3. The lowest BCUT2D eigenvalue weighted by Gasteiger charge is -2.12. The van der Waals surface area contributed by atoms with Gasteiger partial charge >= 0.3 is 5.97 Å². The number of hydrogen-bond acceptors (Lipinski definition) is 4. The first-order valence-corrected chi connectivity index (χ1v) is 5.94. The van der Waals surface area contributed by atoms with Crippen molar-refractivity contribution < 1.29 is 14.3 Å². The predicted molar refractivity (Wildman–Crippen MR) is 66.0 cm³/mol. The number of likely N-dealkylation sites (tertiary alicyclic amines) is 1. The van der Waals surface area contributed by atoms with Crippen molar-refractivity contribution >= 4 is 17.6 Å². The minimum atomic E-state index is -0.663. The summed E-state index contributed by atoms with van der Waals surface area (Å²) in [4.78, 5) is 25.2. The lowest BCUT2D eigenvalue weighted by molar-refractivity contribution is -0.133. The third-order valence-electron chi connectivity index (χ3n) is 3.10. The second kappa shape index (κ2) is 4.72. The first-order valence-electron chi connectivity index (χ1n) is 5.94. The smallest absolute Gasteiger partial charge is 0.355 e. The quantitative estimate of drug-likeness (QED) is 0.792. The van der Waals surface area contributed by atoms with Crippen molar-refractivity contribution in [2.45, 2.75) is 26.0 Å². The van der Waals surface area contributed by atoms with E-state index in [4.69, 9.17) is 10.5 Å². The van der Waals surface area contributed by atoms with Gasteiger partial charge in [-0.15, -0.1) is 0 Å². The highest BCUT2D eigenvalue weighted by molar-refractivity contribution is 5.92. The number of likely N-dealkylation sites (N-methyl/N-ethyl adjacent to an activating group) is 1. The van der Waals surface area contributed by atoms with Gasteiger partial charge in [0.1, 0.15) is 5.69 Å². The maximum absolute atomic E-state index is 12.0. The zero-order chi connectivity index (χ0) is 13.3. The van der Waals surface area contributed by atoms with E-state index in [-0.39, 0.29) is 5.91 Å². The van der Waals surface area contributed by atoms with Gasteiger partial charge in [-0.05, 0) is 13.0 Å². The highest BCUT2D eigenvalue weighted by Gasteiger charge is 2.33. The molecule has 1 aliphatic heterocycles. The number of hydrogen-bond donors (Lipinski definition) is 1. The molecule has 1 aromatic heterocycles. The number of nitrogens with two attached hydrogens (primary N) is 1. The number of nitrogens with zero attached hydrogens (tertiary/aromatic N) is 2. The minimum absolute atomic E-state index is 0.147. The van der Waals surface area contributed by atoms with Crippen molar-refractivity contribution in [3.63, 3.8) is 0 Å². The average Bonchev–Trinajstić information content (AvgIpc) is 2.86. The van der Waals surface area contributed by atoms with Crippen molar-refractivity contribution in [2.75, 3.05) is 19.3 Å². The summed E-state index contributed by atoms with van der Waals surface area (Å²) in [6.45, 7) is 3.15. The molecule has 0 radical (unpaired) electrons. The first kappa shape index (κ1) is 12.5. The molecule has 0 bridgehead atoms. The highest BCUT2D eigenvalue weighted by Crippen LogP contribution is 2.17. The van der Waals surface area contributed by atoms with Crippen LogP contribution in [0.1, 0.15) is 23.8 Å². The molecule has 2 heterocycles. The van der Waals surface area contributed by atoms with Gasteiger partial charge in [-0.1, -0.05) is 0 Å². The Bertz CT molecular complexity index is 481. The van der Waals surface area contributed by atoms with Crippen LogP contribution in [0, 0.1) is 0 Å². The molecule has 1 unspecified atom stereocenters. The molecule has 98 valence electrons. The van der Waals surface area contributed by atoms with E-state index in [0.717, 1.165) is 0 Å². The Hall–Kier alpha value is -1.98. The molecule has 1 aromatic rings. The Balaban J connectivity index is 2.10. The number of carbonyl (C=O) groups is 2. The van der Waals surface area contributed by atoms with Crippen LogP contribution in [0.25, 0.3) is 0 Å². The molecule has 2 N–H and O–H groups in total. The second-order valence-corrected chi connectivity index (χ2v) is 4.39. The van der Waals surface area contributed by atoms with Gasteiger partial charge in [0.25, 0.3) is 5.91 Å². The van der Waals surface area contributed by atoms with Gasteiger partial charge in [-0.25, -0.2) is 4.79 Å². The fourth-order valence-electron chi connectivity index (χ4n) is 2.05. The van der Waals surface area contributed by atoms with Crippen LogP contribution >= 0.6 is 0 Å². The third kappa shape index (κ3) is 2.18. The fraction of sp³-hybridized carbons (Fsp3) is 0.500. The Kier molecular flexibility index (Phi) is 3.27. The van der Waals surface area contributed by atoms with Gasteiger partial charge in [-0.3, -0.25) is 4.79 Å². The molecule has 1 atom stereocenters. The van der Waals surface area contributed by atoms with Crippen LogP contribution < -0.4 is 5.73 Å². The molecule has 0 spiro atoms. The monoisotopic (exact) mass is 251 g/mol. The third-order valence-corrected chi connectivity index (χ3v) is 3.10. The van der Waals surface area contributed by atoms with E-state index in [9.17, 15) is 9.59 Å². The molecule has 18 heavy (non-hydrogen) atoms. The number of aryl methyl sites for hydroxylation is 1. The molecular weight excluding hydrogens is 234 g/mol. The van der Waals surface area contributed by atoms with Gasteiger partial charge in [0, 0.05) is 32.8 Å². The zero-order valence-electron chi connectivity index (χ0n) is 10.5. The Morgan fingerprint density at radius 3 is 2.89 bits per heavy atom. The van der Waals surface area contributed by atoms with E-state index in [0.29, 0.717) is 30.9 Å². The van der Waals surface area contributed by atoms with Gasteiger partial charge in [0.2, 0.25) is 0 Å². The maximum atomic E-state index is 12.0. The summed E-state index contributed by atoms with van der Waals surface area (Å²) in [7, 11) is 1.70. The Morgan fingerprint density at radius 1 is 1.61 bits per heavy atom. The number of ether oxygens (including phenoxy) is 1. The van der Waals surface area contributed by atoms with E-state index in [2.05, 4.69) is 0 Å². The van der Waals surface area contributed by atoms with Gasteiger partial charge in [0.05, 0.1) is 5.69 Å². The summed E-state index contributed by atoms with van der Waals surface area (Å²) in [5.74, 6) is -0.645. The van der Waals surface area contributed by atoms with Gasteiger partial charge in [-0.2, -0.15) is 0 Å². The molecule has 1 saturated heterocycles. The normalized spacial score (nSPS) is 19.3. The van der Waals surface area contributed by atoms with Crippen LogP contribution in [0.5, 0.6) is 0 Å². The van der Waals surface area contributed by atoms with E-state index in [1.807, 2.05) is 6.92 Å². The predicted octanol–water partition coefficient (Wildman–Crippen LogP) is 0.478. The lowest BCUT2D eigenvalue weighted by atomic mass is 10.3. The van der Waals surface area contributed by atoms with E-state index >= 15 is 0 Å².